The molecule has 0 bridgehead atoms. The van der Waals surface area contributed by atoms with Gasteiger partial charge in [-0.15, -0.1) is 0 Å². The molecule has 10 nitrogen and oxygen atoms in total. The lowest BCUT2D eigenvalue weighted by atomic mass is 10.0. The molecule has 1 amide bonds. The molecule has 1 aliphatic rings. The molecule has 1 aromatic carbocycles. The van der Waals surface area contributed by atoms with Crippen molar-refractivity contribution in [2.75, 3.05) is 13.7 Å². The third-order valence-corrected chi connectivity index (χ3v) is 5.71. The quantitative estimate of drug-likeness (QED) is 0.362. The molecular weight excluding hydrogens is 504 g/mol. The number of carbonyl (C=O) groups excluding carboxylic acids is 3. The van der Waals surface area contributed by atoms with E-state index in [1.165, 1.54) is 4.90 Å². The van der Waals surface area contributed by atoms with Crippen LogP contribution in [0.5, 0.6) is 5.75 Å². The minimum Gasteiger partial charge on any atom is -0.497 e. The summed E-state index contributed by atoms with van der Waals surface area (Å²) in [5.41, 5.74) is -0.176. The maximum absolute atomic E-state index is 13.3. The van der Waals surface area contributed by atoms with Gasteiger partial charge in [0.05, 0.1) is 31.8 Å². The highest BCUT2D eigenvalue weighted by atomic mass is 16.7. The number of aromatic nitrogens is 1. The summed E-state index contributed by atoms with van der Waals surface area (Å²) in [4.78, 5) is 44.6. The number of benzene rings is 1. The van der Waals surface area contributed by atoms with Crippen LogP contribution in [-0.2, 0) is 36.6 Å². The van der Waals surface area contributed by atoms with Crippen molar-refractivity contribution in [1.29, 1.82) is 0 Å². The highest BCUT2D eigenvalue weighted by Crippen LogP contribution is 2.30. The average molecular weight is 543 g/mol. The summed E-state index contributed by atoms with van der Waals surface area (Å²) in [7, 11) is 1.58. The number of rotatable bonds is 7. The van der Waals surface area contributed by atoms with E-state index in [0.717, 1.165) is 5.56 Å². The van der Waals surface area contributed by atoms with Gasteiger partial charge in [0, 0.05) is 6.20 Å². The molecule has 39 heavy (non-hydrogen) atoms. The summed E-state index contributed by atoms with van der Waals surface area (Å²) in [6.07, 6.45) is -1.69. The van der Waals surface area contributed by atoms with Gasteiger partial charge in [0.1, 0.15) is 17.0 Å². The van der Waals surface area contributed by atoms with E-state index in [2.05, 4.69) is 4.98 Å². The Bertz CT molecular complexity index is 1120. The Kier molecular flexibility index (Phi) is 9.42. The lowest BCUT2D eigenvalue weighted by Crippen LogP contribution is -2.45. The van der Waals surface area contributed by atoms with E-state index in [-0.39, 0.29) is 13.0 Å². The Labute approximate surface area is 229 Å². The van der Waals surface area contributed by atoms with Gasteiger partial charge in [0.25, 0.3) is 0 Å². The smallest absolute Gasteiger partial charge is 0.497 e. The number of likely N-dealkylation sites (tertiary alicyclic amines) is 1. The van der Waals surface area contributed by atoms with E-state index in [1.54, 1.807) is 85.2 Å². The summed E-state index contributed by atoms with van der Waals surface area (Å²) in [6, 6.07) is 11.9. The molecule has 0 aliphatic carbocycles. The normalized spacial score (nSPS) is 19.3. The van der Waals surface area contributed by atoms with Gasteiger partial charge in [0.2, 0.25) is 0 Å². The lowest BCUT2D eigenvalue weighted by Gasteiger charge is -2.30. The van der Waals surface area contributed by atoms with Crippen LogP contribution in [0, 0.1) is 0 Å². The molecule has 1 saturated heterocycles. The number of amides is 1. The van der Waals surface area contributed by atoms with E-state index in [1.807, 2.05) is 12.1 Å². The van der Waals surface area contributed by atoms with E-state index in [0.29, 0.717) is 17.9 Å². The molecule has 0 N–H and O–H groups in total. The van der Waals surface area contributed by atoms with E-state index >= 15 is 0 Å². The third-order valence-electron chi connectivity index (χ3n) is 5.71. The Morgan fingerprint density at radius 1 is 0.923 bits per heavy atom. The van der Waals surface area contributed by atoms with Crippen molar-refractivity contribution in [2.45, 2.75) is 83.8 Å². The van der Waals surface area contributed by atoms with Gasteiger partial charge >= 0.3 is 18.2 Å². The fourth-order valence-corrected chi connectivity index (χ4v) is 4.12. The standard InChI is InChI=1S/C29H38N2O8/c1-28(2,3)38-26(33)31-18-23(36-27(34)39-29(4,5)6)25(37-24(32)17-20-10-8-9-15-30-20)22(31)16-19-11-13-21(35-7)14-12-19/h8-15,22-23,25H,16-18H2,1-7H3/t22-,23+,25+/m1/s1. The largest absolute Gasteiger partial charge is 0.509 e. The molecule has 1 aromatic heterocycles. The van der Waals surface area contributed by atoms with Crippen molar-refractivity contribution < 1.29 is 38.1 Å². The minimum atomic E-state index is -0.983. The van der Waals surface area contributed by atoms with E-state index in [9.17, 15) is 14.4 Å². The monoisotopic (exact) mass is 542 g/mol. The lowest BCUT2D eigenvalue weighted by molar-refractivity contribution is -0.155. The van der Waals surface area contributed by atoms with Gasteiger partial charge in [0.15, 0.2) is 12.2 Å². The third kappa shape index (κ3) is 9.15. The van der Waals surface area contributed by atoms with E-state index in [4.69, 9.17) is 23.7 Å². The predicted octanol–water partition coefficient (Wildman–Crippen LogP) is 4.73. The fourth-order valence-electron chi connectivity index (χ4n) is 4.12. The van der Waals surface area contributed by atoms with Gasteiger partial charge in [-0.2, -0.15) is 0 Å². The Morgan fingerprint density at radius 2 is 1.59 bits per heavy atom. The molecule has 1 aliphatic heterocycles. The maximum Gasteiger partial charge on any atom is 0.509 e. The van der Waals surface area contributed by atoms with Crippen LogP contribution in [0.1, 0.15) is 52.8 Å². The molecule has 0 unspecified atom stereocenters. The summed E-state index contributed by atoms with van der Waals surface area (Å²) < 4.78 is 27.8. The Hall–Kier alpha value is -3.82. The number of pyridine rings is 1. The van der Waals surface area contributed by atoms with Crippen LogP contribution >= 0.6 is 0 Å². The average Bonchev–Trinajstić information content (AvgIpc) is 3.14. The fraction of sp³-hybridized carbons (Fsp3) is 0.517. The van der Waals surface area contributed by atoms with Crippen molar-refractivity contribution in [3.63, 3.8) is 0 Å². The van der Waals surface area contributed by atoms with Crippen molar-refractivity contribution in [3.05, 3.63) is 59.9 Å². The topological polar surface area (TPSA) is 113 Å². The number of hydrogen-bond donors (Lipinski definition) is 0. The molecule has 2 aromatic rings. The molecule has 0 spiro atoms. The van der Waals surface area contributed by atoms with E-state index < -0.39 is 47.7 Å². The zero-order valence-electron chi connectivity index (χ0n) is 23.6. The first-order valence-corrected chi connectivity index (χ1v) is 12.9. The first-order chi connectivity index (χ1) is 18.2. The zero-order valence-corrected chi connectivity index (χ0v) is 23.6. The summed E-state index contributed by atoms with van der Waals surface area (Å²) in [5, 5.41) is 0. The zero-order chi connectivity index (χ0) is 28.8. The summed E-state index contributed by atoms with van der Waals surface area (Å²) in [6.45, 7) is 10.4. The molecule has 212 valence electrons. The van der Waals surface area contributed by atoms with Gasteiger partial charge < -0.3 is 23.7 Å². The number of hydrogen-bond acceptors (Lipinski definition) is 9. The van der Waals surface area contributed by atoms with Gasteiger partial charge in [-0.1, -0.05) is 18.2 Å². The van der Waals surface area contributed by atoms with Crippen LogP contribution < -0.4 is 4.74 Å². The second-order valence-corrected chi connectivity index (χ2v) is 11.3. The molecule has 3 rings (SSSR count). The molecule has 1 fully saturated rings. The van der Waals surface area contributed by atoms with Gasteiger partial charge in [-0.05, 0) is 77.8 Å². The van der Waals surface area contributed by atoms with Crippen molar-refractivity contribution in [3.8, 4) is 5.75 Å². The minimum absolute atomic E-state index is 0.0451. The molecular formula is C29H38N2O8. The summed E-state index contributed by atoms with van der Waals surface area (Å²) in [5.74, 6) is 0.112. The van der Waals surface area contributed by atoms with Crippen LogP contribution in [0.3, 0.4) is 0 Å². The number of carbonyl (C=O) groups is 3. The highest BCUT2D eigenvalue weighted by molar-refractivity contribution is 5.73. The van der Waals surface area contributed by atoms with Crippen LogP contribution in [-0.4, -0.2) is 71.2 Å². The molecule has 2 heterocycles. The number of esters is 1. The van der Waals surface area contributed by atoms with Crippen molar-refractivity contribution >= 4 is 18.2 Å². The number of nitrogens with zero attached hydrogens (tertiary/aromatic N) is 2. The summed E-state index contributed by atoms with van der Waals surface area (Å²) >= 11 is 0. The number of ether oxygens (including phenoxy) is 5. The second kappa shape index (κ2) is 12.4. The second-order valence-electron chi connectivity index (χ2n) is 11.3. The van der Waals surface area contributed by atoms with Crippen LogP contribution in [0.2, 0.25) is 0 Å². The van der Waals surface area contributed by atoms with Crippen LogP contribution in [0.4, 0.5) is 9.59 Å². The van der Waals surface area contributed by atoms with Crippen molar-refractivity contribution in [1.82, 2.24) is 9.88 Å². The van der Waals surface area contributed by atoms with Crippen LogP contribution in [0.15, 0.2) is 48.7 Å². The Morgan fingerprint density at radius 3 is 2.15 bits per heavy atom. The molecule has 0 saturated carbocycles. The van der Waals surface area contributed by atoms with Gasteiger partial charge in [-0.25, -0.2) is 9.59 Å². The Balaban J connectivity index is 1.93. The van der Waals surface area contributed by atoms with Crippen molar-refractivity contribution in [2.24, 2.45) is 0 Å². The number of methoxy groups -OCH3 is 1. The molecule has 0 radical (unpaired) electrons. The SMILES string of the molecule is COc1ccc(C[C@@H]2[C@H](OC(=O)Cc3ccccn3)[C@@H](OC(=O)OC(C)(C)C)CN2C(=O)OC(C)(C)C)cc1. The predicted molar refractivity (Wildman–Crippen MR) is 142 cm³/mol. The first kappa shape index (κ1) is 29.7. The first-order valence-electron chi connectivity index (χ1n) is 12.9. The molecule has 10 heteroatoms. The molecule has 3 atom stereocenters. The van der Waals surface area contributed by atoms with Crippen LogP contribution in [0.25, 0.3) is 0 Å². The maximum atomic E-state index is 13.3. The van der Waals surface area contributed by atoms with Gasteiger partial charge in [-0.3, -0.25) is 14.7 Å². The highest BCUT2D eigenvalue weighted by Gasteiger charge is 2.50.